The molecule has 2 atom stereocenters. The number of carbonyl (C=O) groups excluding carboxylic acids is 1. The minimum Gasteiger partial charge on any atom is -0.480 e. The largest absolute Gasteiger partial charge is 0.480 e. The fraction of sp³-hybridized carbons (Fsp3) is 0.571. The van der Waals surface area contributed by atoms with Gasteiger partial charge in [-0.25, -0.2) is 0 Å². The highest BCUT2D eigenvalue weighted by molar-refractivity contribution is 5.93. The molecule has 1 fully saturated rings. The highest BCUT2D eigenvalue weighted by atomic mass is 16.4. The molecule has 0 spiro atoms. The molecule has 0 aliphatic carbocycles. The Morgan fingerprint density at radius 3 is 2.45 bits per heavy atom. The molecule has 0 aromatic carbocycles. The Kier molecular flexibility index (Phi) is 4.13. The molecule has 0 saturated carbocycles. The first kappa shape index (κ1) is 14.6. The lowest BCUT2D eigenvalue weighted by atomic mass is 10.1. The predicted molar refractivity (Wildman–Crippen MR) is 74.7 cm³/mol. The van der Waals surface area contributed by atoms with Crippen molar-refractivity contribution in [2.75, 3.05) is 20.1 Å². The molecular formula is C14H21N3O3. The van der Waals surface area contributed by atoms with Gasteiger partial charge in [0.2, 0.25) is 0 Å². The van der Waals surface area contributed by atoms with E-state index in [9.17, 15) is 9.59 Å². The van der Waals surface area contributed by atoms with Crippen LogP contribution in [0.15, 0.2) is 18.3 Å². The van der Waals surface area contributed by atoms with Crippen LogP contribution in [0.1, 0.15) is 24.3 Å². The molecule has 1 aromatic rings. The average Bonchev–Trinajstić information content (AvgIpc) is 2.81. The van der Waals surface area contributed by atoms with Gasteiger partial charge in [-0.1, -0.05) is 0 Å². The van der Waals surface area contributed by atoms with E-state index in [0.29, 0.717) is 30.9 Å². The quantitative estimate of drug-likeness (QED) is 0.886. The standard InChI is InChI=1S/C14H21N3O3/c1-10-7-17(8-11(2)15(10)3)14(20)12-5-4-6-16(12)9-13(18)19/h4-6,10-11H,7-9H2,1-3H3,(H,18,19). The summed E-state index contributed by atoms with van der Waals surface area (Å²) in [6.45, 7) is 5.32. The molecule has 1 amide bonds. The van der Waals surface area contributed by atoms with E-state index in [-0.39, 0.29) is 12.5 Å². The molecular weight excluding hydrogens is 258 g/mol. The molecule has 6 heteroatoms. The van der Waals surface area contributed by atoms with Gasteiger partial charge in [-0.2, -0.15) is 0 Å². The lowest BCUT2D eigenvalue weighted by Gasteiger charge is -2.42. The van der Waals surface area contributed by atoms with Crippen LogP contribution in [0.2, 0.25) is 0 Å². The van der Waals surface area contributed by atoms with Crippen LogP contribution < -0.4 is 0 Å². The maximum absolute atomic E-state index is 12.6. The van der Waals surface area contributed by atoms with Gasteiger partial charge in [0.25, 0.3) is 5.91 Å². The first-order valence-electron chi connectivity index (χ1n) is 6.78. The summed E-state index contributed by atoms with van der Waals surface area (Å²) in [5.74, 6) is -1.04. The van der Waals surface area contributed by atoms with Crippen molar-refractivity contribution in [2.45, 2.75) is 32.5 Å². The fourth-order valence-electron chi connectivity index (χ4n) is 2.62. The molecule has 0 radical (unpaired) electrons. The summed E-state index contributed by atoms with van der Waals surface area (Å²) >= 11 is 0. The predicted octanol–water partition coefficient (Wildman–Crippen LogP) is 0.737. The zero-order valence-corrected chi connectivity index (χ0v) is 12.1. The SMILES string of the molecule is CC1CN(C(=O)c2cccn2CC(=O)O)CC(C)N1C. The maximum Gasteiger partial charge on any atom is 0.323 e. The molecule has 110 valence electrons. The Morgan fingerprint density at radius 2 is 1.90 bits per heavy atom. The Bertz CT molecular complexity index is 500. The van der Waals surface area contributed by atoms with Crippen LogP contribution in [-0.4, -0.2) is 63.6 Å². The molecule has 1 saturated heterocycles. The van der Waals surface area contributed by atoms with Crippen molar-refractivity contribution in [1.29, 1.82) is 0 Å². The van der Waals surface area contributed by atoms with E-state index in [1.165, 1.54) is 4.57 Å². The van der Waals surface area contributed by atoms with Gasteiger partial charge in [-0.05, 0) is 33.0 Å². The molecule has 1 aromatic heterocycles. The van der Waals surface area contributed by atoms with Gasteiger partial charge in [0.05, 0.1) is 0 Å². The highest BCUT2D eigenvalue weighted by Gasteiger charge is 2.30. The summed E-state index contributed by atoms with van der Waals surface area (Å²) in [6.07, 6.45) is 1.63. The third-order valence-corrected chi connectivity index (χ3v) is 4.00. The van der Waals surface area contributed by atoms with Crippen LogP contribution in [0, 0.1) is 0 Å². The lowest BCUT2D eigenvalue weighted by Crippen LogP contribution is -2.56. The first-order valence-corrected chi connectivity index (χ1v) is 6.78. The van der Waals surface area contributed by atoms with E-state index in [1.807, 2.05) is 4.90 Å². The van der Waals surface area contributed by atoms with Crippen LogP contribution in [0.3, 0.4) is 0 Å². The maximum atomic E-state index is 12.6. The zero-order valence-electron chi connectivity index (χ0n) is 12.1. The van der Waals surface area contributed by atoms with Crippen molar-refractivity contribution < 1.29 is 14.7 Å². The zero-order chi connectivity index (χ0) is 14.9. The van der Waals surface area contributed by atoms with Crippen molar-refractivity contribution in [2.24, 2.45) is 0 Å². The fourth-order valence-corrected chi connectivity index (χ4v) is 2.62. The molecule has 20 heavy (non-hydrogen) atoms. The van der Waals surface area contributed by atoms with Gasteiger partial charge in [-0.15, -0.1) is 0 Å². The normalized spacial score (nSPS) is 23.9. The summed E-state index contributed by atoms with van der Waals surface area (Å²) in [5.41, 5.74) is 0.441. The average molecular weight is 279 g/mol. The molecule has 2 heterocycles. The number of hydrogen-bond acceptors (Lipinski definition) is 3. The number of rotatable bonds is 3. The van der Waals surface area contributed by atoms with E-state index >= 15 is 0 Å². The monoisotopic (exact) mass is 279 g/mol. The molecule has 1 aliphatic rings. The Hall–Kier alpha value is -1.82. The number of piperazine rings is 1. The summed E-state index contributed by atoms with van der Waals surface area (Å²) in [5, 5.41) is 8.87. The smallest absolute Gasteiger partial charge is 0.323 e. The van der Waals surface area contributed by atoms with Crippen molar-refractivity contribution in [3.63, 3.8) is 0 Å². The van der Waals surface area contributed by atoms with E-state index in [1.54, 1.807) is 18.3 Å². The van der Waals surface area contributed by atoms with Gasteiger partial charge in [0, 0.05) is 31.4 Å². The summed E-state index contributed by atoms with van der Waals surface area (Å²) in [7, 11) is 2.06. The third-order valence-electron chi connectivity index (χ3n) is 4.00. The van der Waals surface area contributed by atoms with Crippen LogP contribution in [0.25, 0.3) is 0 Å². The van der Waals surface area contributed by atoms with E-state index < -0.39 is 5.97 Å². The summed E-state index contributed by atoms with van der Waals surface area (Å²) < 4.78 is 1.48. The van der Waals surface area contributed by atoms with E-state index in [4.69, 9.17) is 5.11 Å². The first-order chi connectivity index (χ1) is 9.40. The number of aromatic nitrogens is 1. The van der Waals surface area contributed by atoms with Gasteiger partial charge in [-0.3, -0.25) is 14.5 Å². The topological polar surface area (TPSA) is 65.8 Å². The second-order valence-corrected chi connectivity index (χ2v) is 5.49. The third kappa shape index (κ3) is 2.85. The minimum atomic E-state index is -0.949. The van der Waals surface area contributed by atoms with Gasteiger partial charge in [0.15, 0.2) is 0 Å². The number of carboxylic acids is 1. The van der Waals surface area contributed by atoms with Crippen LogP contribution in [-0.2, 0) is 11.3 Å². The Balaban J connectivity index is 2.15. The molecule has 6 nitrogen and oxygen atoms in total. The van der Waals surface area contributed by atoms with Crippen LogP contribution in [0.5, 0.6) is 0 Å². The minimum absolute atomic E-state index is 0.0944. The molecule has 0 bridgehead atoms. The van der Waals surface area contributed by atoms with Gasteiger partial charge < -0.3 is 14.6 Å². The number of nitrogens with zero attached hydrogens (tertiary/aromatic N) is 3. The number of likely N-dealkylation sites (N-methyl/N-ethyl adjacent to an activating group) is 1. The second kappa shape index (κ2) is 5.66. The number of hydrogen-bond donors (Lipinski definition) is 1. The van der Waals surface area contributed by atoms with Crippen molar-refractivity contribution in [1.82, 2.24) is 14.4 Å². The van der Waals surface area contributed by atoms with E-state index in [2.05, 4.69) is 25.8 Å². The highest BCUT2D eigenvalue weighted by Crippen LogP contribution is 2.16. The number of aliphatic carboxylic acids is 1. The Morgan fingerprint density at radius 1 is 1.30 bits per heavy atom. The van der Waals surface area contributed by atoms with Crippen molar-refractivity contribution >= 4 is 11.9 Å². The molecule has 2 rings (SSSR count). The summed E-state index contributed by atoms with van der Waals surface area (Å²) in [6, 6.07) is 3.98. The number of carbonyl (C=O) groups is 2. The second-order valence-electron chi connectivity index (χ2n) is 5.49. The van der Waals surface area contributed by atoms with E-state index in [0.717, 1.165) is 0 Å². The number of amides is 1. The molecule has 2 unspecified atom stereocenters. The van der Waals surface area contributed by atoms with Gasteiger partial charge >= 0.3 is 5.97 Å². The molecule has 1 N–H and O–H groups in total. The lowest BCUT2D eigenvalue weighted by molar-refractivity contribution is -0.137. The summed E-state index contributed by atoms with van der Waals surface area (Å²) in [4.78, 5) is 27.4. The van der Waals surface area contributed by atoms with Gasteiger partial charge in [0.1, 0.15) is 12.2 Å². The van der Waals surface area contributed by atoms with Crippen LogP contribution in [0.4, 0.5) is 0 Å². The van der Waals surface area contributed by atoms with Crippen LogP contribution >= 0.6 is 0 Å². The number of carboxylic acid groups (broad SMARTS) is 1. The molecule has 1 aliphatic heterocycles. The Labute approximate surface area is 118 Å². The van der Waals surface area contributed by atoms with Crippen molar-refractivity contribution in [3.8, 4) is 0 Å². The van der Waals surface area contributed by atoms with Crippen molar-refractivity contribution in [3.05, 3.63) is 24.0 Å².